The van der Waals surface area contributed by atoms with Crippen LogP contribution in [0, 0.1) is 5.92 Å². The van der Waals surface area contributed by atoms with Gasteiger partial charge >= 0.3 is 0 Å². The van der Waals surface area contributed by atoms with E-state index < -0.39 is 0 Å². The van der Waals surface area contributed by atoms with E-state index in [1.54, 1.807) is 7.11 Å². The van der Waals surface area contributed by atoms with Gasteiger partial charge in [0, 0.05) is 19.6 Å². The molecule has 1 aromatic rings. The van der Waals surface area contributed by atoms with Gasteiger partial charge in [-0.05, 0) is 30.0 Å². The Bertz CT molecular complexity index is 317. The molecule has 0 saturated carbocycles. The molecule has 1 heterocycles. The number of nitrogens with one attached hydrogen (secondary N) is 1. The van der Waals surface area contributed by atoms with Gasteiger partial charge < -0.3 is 4.74 Å². The third kappa shape index (κ3) is 2.74. The lowest BCUT2D eigenvalue weighted by molar-refractivity contribution is 0.0467. The molecule has 0 bridgehead atoms. The second-order valence-electron chi connectivity index (χ2n) is 4.33. The average molecular weight is 220 g/mol. The third-order valence-electron chi connectivity index (χ3n) is 3.02. The van der Waals surface area contributed by atoms with Crippen molar-refractivity contribution in [1.82, 2.24) is 10.4 Å². The fourth-order valence-electron chi connectivity index (χ4n) is 2.15. The van der Waals surface area contributed by atoms with E-state index in [0.717, 1.165) is 18.2 Å². The summed E-state index contributed by atoms with van der Waals surface area (Å²) in [6.07, 6.45) is 1.17. The molecule has 0 aromatic heterocycles. The first-order valence-electron chi connectivity index (χ1n) is 5.93. The average Bonchev–Trinajstić information content (AvgIpc) is 2.27. The molecule has 0 radical (unpaired) electrons. The number of hydrogen-bond donors (Lipinski definition) is 1. The molecule has 3 heteroatoms. The number of hydrazine groups is 1. The fourth-order valence-corrected chi connectivity index (χ4v) is 2.15. The van der Waals surface area contributed by atoms with E-state index in [2.05, 4.69) is 29.5 Å². The summed E-state index contributed by atoms with van der Waals surface area (Å²) in [5, 5.41) is 2.29. The normalized spacial score (nSPS) is 17.1. The number of nitrogens with zero attached hydrogens (tertiary/aromatic N) is 1. The number of ether oxygens (including phenoxy) is 1. The van der Waals surface area contributed by atoms with Crippen molar-refractivity contribution in [3.8, 4) is 5.75 Å². The first kappa shape index (κ1) is 11.4. The van der Waals surface area contributed by atoms with Crippen molar-refractivity contribution < 1.29 is 4.74 Å². The van der Waals surface area contributed by atoms with E-state index >= 15 is 0 Å². The molecule has 1 aromatic carbocycles. The fraction of sp³-hybridized carbons (Fsp3) is 0.538. The van der Waals surface area contributed by atoms with E-state index in [0.29, 0.717) is 0 Å². The summed E-state index contributed by atoms with van der Waals surface area (Å²) in [4.78, 5) is 0. The van der Waals surface area contributed by atoms with Crippen LogP contribution in [0.25, 0.3) is 0 Å². The van der Waals surface area contributed by atoms with Crippen LogP contribution in [0.3, 0.4) is 0 Å². The summed E-state index contributed by atoms with van der Waals surface area (Å²) in [7, 11) is 1.70. The molecule has 0 atom stereocenters. The predicted octanol–water partition coefficient (Wildman–Crippen LogP) is 1.69. The van der Waals surface area contributed by atoms with Crippen LogP contribution >= 0.6 is 0 Å². The largest absolute Gasteiger partial charge is 0.497 e. The lowest BCUT2D eigenvalue weighted by atomic mass is 9.93. The van der Waals surface area contributed by atoms with E-state index in [-0.39, 0.29) is 0 Å². The molecule has 2 rings (SSSR count). The molecule has 0 aliphatic carbocycles. The van der Waals surface area contributed by atoms with Crippen LogP contribution in [0.15, 0.2) is 24.3 Å². The monoisotopic (exact) mass is 220 g/mol. The van der Waals surface area contributed by atoms with Gasteiger partial charge in [0.25, 0.3) is 0 Å². The van der Waals surface area contributed by atoms with Crippen LogP contribution in [0.2, 0.25) is 0 Å². The smallest absolute Gasteiger partial charge is 0.118 e. The number of hydrogen-bond acceptors (Lipinski definition) is 3. The maximum Gasteiger partial charge on any atom is 0.118 e. The summed E-state index contributed by atoms with van der Waals surface area (Å²) in [5.74, 6) is 1.74. The summed E-state index contributed by atoms with van der Waals surface area (Å²) in [6, 6.07) is 8.40. The van der Waals surface area contributed by atoms with Gasteiger partial charge in [-0.1, -0.05) is 19.1 Å². The van der Waals surface area contributed by atoms with Gasteiger partial charge in [-0.25, -0.2) is 5.01 Å². The molecule has 1 fully saturated rings. The topological polar surface area (TPSA) is 24.5 Å². The van der Waals surface area contributed by atoms with Gasteiger partial charge in [0.05, 0.1) is 7.11 Å². The van der Waals surface area contributed by atoms with Crippen LogP contribution < -0.4 is 10.2 Å². The molecule has 1 aliphatic heterocycles. The summed E-state index contributed by atoms with van der Waals surface area (Å²) in [5.41, 5.74) is 4.73. The first-order chi connectivity index (χ1) is 7.81. The van der Waals surface area contributed by atoms with Gasteiger partial charge in [0.15, 0.2) is 0 Å². The van der Waals surface area contributed by atoms with Crippen molar-refractivity contribution in [3.63, 3.8) is 0 Å². The van der Waals surface area contributed by atoms with Crippen molar-refractivity contribution in [3.05, 3.63) is 29.8 Å². The zero-order chi connectivity index (χ0) is 11.4. The van der Waals surface area contributed by atoms with Crippen molar-refractivity contribution in [2.45, 2.75) is 13.3 Å². The molecule has 0 amide bonds. The van der Waals surface area contributed by atoms with Crippen LogP contribution in [0.5, 0.6) is 5.75 Å². The van der Waals surface area contributed by atoms with Crippen molar-refractivity contribution >= 4 is 0 Å². The summed E-state index contributed by atoms with van der Waals surface area (Å²) < 4.78 is 5.15. The molecular weight excluding hydrogens is 200 g/mol. The second kappa shape index (κ2) is 5.32. The maximum absolute atomic E-state index is 5.15. The Kier molecular flexibility index (Phi) is 3.80. The quantitative estimate of drug-likeness (QED) is 0.817. The van der Waals surface area contributed by atoms with Gasteiger partial charge in [0.2, 0.25) is 0 Å². The van der Waals surface area contributed by atoms with Crippen molar-refractivity contribution in [2.75, 3.05) is 26.7 Å². The number of methoxy groups -OCH3 is 1. The highest BCUT2D eigenvalue weighted by molar-refractivity contribution is 5.27. The maximum atomic E-state index is 5.15. The third-order valence-corrected chi connectivity index (χ3v) is 3.02. The van der Waals surface area contributed by atoms with Crippen LogP contribution in [-0.2, 0) is 6.42 Å². The summed E-state index contributed by atoms with van der Waals surface area (Å²) in [6.45, 7) is 5.49. The lowest BCUT2D eigenvalue weighted by Gasteiger charge is -2.39. The second-order valence-corrected chi connectivity index (χ2v) is 4.33. The minimum atomic E-state index is 0.799. The van der Waals surface area contributed by atoms with Gasteiger partial charge in [-0.15, -0.1) is 0 Å². The van der Waals surface area contributed by atoms with E-state index in [9.17, 15) is 0 Å². The van der Waals surface area contributed by atoms with E-state index in [1.807, 2.05) is 12.1 Å². The van der Waals surface area contributed by atoms with Crippen molar-refractivity contribution in [1.29, 1.82) is 0 Å². The number of rotatable bonds is 5. The Labute approximate surface area is 97.4 Å². The van der Waals surface area contributed by atoms with Gasteiger partial charge in [-0.3, -0.25) is 5.43 Å². The van der Waals surface area contributed by atoms with Crippen LogP contribution in [0.4, 0.5) is 0 Å². The SMILES string of the molecule is CCNN1CC(Cc2ccc(OC)cc2)C1. The van der Waals surface area contributed by atoms with E-state index in [1.165, 1.54) is 25.1 Å². The molecular formula is C13H20N2O. The van der Waals surface area contributed by atoms with E-state index in [4.69, 9.17) is 4.74 Å². The minimum absolute atomic E-state index is 0.799. The molecule has 1 N–H and O–H groups in total. The Morgan fingerprint density at radius 2 is 2.00 bits per heavy atom. The Balaban J connectivity index is 1.78. The van der Waals surface area contributed by atoms with Gasteiger partial charge in [0.1, 0.15) is 5.75 Å². The highest BCUT2D eigenvalue weighted by atomic mass is 16.5. The molecule has 88 valence electrons. The molecule has 16 heavy (non-hydrogen) atoms. The molecule has 1 aliphatic rings. The Morgan fingerprint density at radius 1 is 1.31 bits per heavy atom. The minimum Gasteiger partial charge on any atom is -0.497 e. The molecule has 0 spiro atoms. The molecule has 3 nitrogen and oxygen atoms in total. The zero-order valence-electron chi connectivity index (χ0n) is 10.1. The molecule has 1 saturated heterocycles. The zero-order valence-corrected chi connectivity index (χ0v) is 10.1. The van der Waals surface area contributed by atoms with Crippen molar-refractivity contribution in [2.24, 2.45) is 5.92 Å². The Morgan fingerprint density at radius 3 is 2.56 bits per heavy atom. The van der Waals surface area contributed by atoms with Gasteiger partial charge in [-0.2, -0.15) is 0 Å². The first-order valence-corrected chi connectivity index (χ1v) is 5.93. The lowest BCUT2D eigenvalue weighted by Crippen LogP contribution is -2.54. The predicted molar refractivity (Wildman–Crippen MR) is 65.4 cm³/mol. The highest BCUT2D eigenvalue weighted by Crippen LogP contribution is 2.20. The van der Waals surface area contributed by atoms with Crippen LogP contribution in [0.1, 0.15) is 12.5 Å². The molecule has 0 unspecified atom stereocenters. The Hall–Kier alpha value is -1.06. The van der Waals surface area contributed by atoms with Crippen LogP contribution in [-0.4, -0.2) is 31.8 Å². The summed E-state index contributed by atoms with van der Waals surface area (Å²) >= 11 is 0. The standard InChI is InChI=1S/C13H20N2O/c1-3-14-15-9-12(10-15)8-11-4-6-13(16-2)7-5-11/h4-7,12,14H,3,8-10H2,1-2H3. The highest BCUT2D eigenvalue weighted by Gasteiger charge is 2.25. The number of benzene rings is 1.